The molecule has 3 atom stereocenters. The number of nitrogens with one attached hydrogen (secondary N) is 1. The lowest BCUT2D eigenvalue weighted by atomic mass is 10.1. The van der Waals surface area contributed by atoms with E-state index in [4.69, 9.17) is 0 Å². The van der Waals surface area contributed by atoms with E-state index in [0.717, 1.165) is 11.3 Å². The Morgan fingerprint density at radius 3 is 2.71 bits per heavy atom. The minimum absolute atomic E-state index is 0.0842. The zero-order valence-corrected chi connectivity index (χ0v) is 12.2. The van der Waals surface area contributed by atoms with E-state index in [-0.39, 0.29) is 17.7 Å². The fourth-order valence-corrected chi connectivity index (χ4v) is 4.13. The number of fused-ring (bicyclic) bond motifs is 2. The Balaban J connectivity index is 1.62. The molecule has 1 aromatic rings. The quantitative estimate of drug-likeness (QED) is 0.861. The van der Waals surface area contributed by atoms with Crippen LogP contribution in [0.2, 0.25) is 0 Å². The van der Waals surface area contributed by atoms with E-state index >= 15 is 0 Å². The molecule has 2 amide bonds. The highest BCUT2D eigenvalue weighted by Gasteiger charge is 2.58. The van der Waals surface area contributed by atoms with Gasteiger partial charge in [0.25, 0.3) is 0 Å². The third-order valence-electron chi connectivity index (χ3n) is 5.44. The molecule has 0 radical (unpaired) electrons. The van der Waals surface area contributed by atoms with E-state index in [2.05, 4.69) is 5.32 Å². The number of carbonyl (C=O) groups excluding carboxylic acids is 2. The number of para-hydroxylation sites is 1. The van der Waals surface area contributed by atoms with Crippen molar-refractivity contribution in [3.8, 4) is 0 Å². The number of amides is 2. The van der Waals surface area contributed by atoms with Crippen LogP contribution in [0.4, 0.5) is 5.69 Å². The lowest BCUT2D eigenvalue weighted by Gasteiger charge is -2.26. The molecule has 1 heterocycles. The molecule has 4 nitrogen and oxygen atoms in total. The summed E-state index contributed by atoms with van der Waals surface area (Å²) in [5, 5.41) is 2.93. The molecule has 0 spiro atoms. The smallest absolute Gasteiger partial charge is 0.246 e. The maximum Gasteiger partial charge on any atom is 0.246 e. The van der Waals surface area contributed by atoms with Gasteiger partial charge >= 0.3 is 0 Å². The highest BCUT2D eigenvalue weighted by molar-refractivity contribution is 5.99. The summed E-state index contributed by atoms with van der Waals surface area (Å²) in [5.41, 5.74) is 1.86. The average molecular weight is 284 g/mol. The molecular weight excluding hydrogens is 264 g/mol. The lowest BCUT2D eigenvalue weighted by molar-refractivity contribution is -0.140. The molecule has 110 valence electrons. The van der Waals surface area contributed by atoms with Gasteiger partial charge in [-0.2, -0.15) is 0 Å². The van der Waals surface area contributed by atoms with Crippen LogP contribution in [0, 0.1) is 17.8 Å². The molecule has 0 aromatic heterocycles. The number of hydrogen-bond donors (Lipinski definition) is 1. The van der Waals surface area contributed by atoms with Gasteiger partial charge in [-0.3, -0.25) is 9.59 Å². The highest BCUT2D eigenvalue weighted by atomic mass is 16.2. The van der Waals surface area contributed by atoms with Crippen molar-refractivity contribution in [2.24, 2.45) is 17.8 Å². The second-order valence-electron chi connectivity index (χ2n) is 6.57. The summed E-state index contributed by atoms with van der Waals surface area (Å²) in [5.74, 6) is 1.46. The van der Waals surface area contributed by atoms with E-state index in [1.54, 1.807) is 4.90 Å². The Morgan fingerprint density at radius 2 is 1.95 bits per heavy atom. The standard InChI is InChI=1S/C17H20N2O2/c1-10-16(20)18-14-8-3-2-5-11(14)9-19(10)17(21)15-12-6-4-7-13(12)15/h2-3,5,8,10,12-13,15H,4,6-7,9H2,1H3,(H,18,20). The molecule has 0 saturated heterocycles. The third kappa shape index (κ3) is 1.96. The van der Waals surface area contributed by atoms with Crippen LogP contribution < -0.4 is 5.32 Å². The molecule has 0 bridgehead atoms. The Hall–Kier alpha value is -1.84. The van der Waals surface area contributed by atoms with Crippen molar-refractivity contribution >= 4 is 17.5 Å². The second kappa shape index (κ2) is 4.58. The van der Waals surface area contributed by atoms with Crippen LogP contribution in [0.3, 0.4) is 0 Å². The first-order chi connectivity index (χ1) is 10.2. The predicted octanol–water partition coefficient (Wildman–Crippen LogP) is 2.40. The summed E-state index contributed by atoms with van der Waals surface area (Å²) in [7, 11) is 0. The highest BCUT2D eigenvalue weighted by Crippen LogP contribution is 2.58. The van der Waals surface area contributed by atoms with Crippen molar-refractivity contribution in [1.29, 1.82) is 0 Å². The molecule has 3 aliphatic rings. The van der Waals surface area contributed by atoms with Crippen molar-refractivity contribution in [2.75, 3.05) is 5.32 Å². The minimum Gasteiger partial charge on any atom is -0.326 e. The summed E-state index contributed by atoms with van der Waals surface area (Å²) in [6, 6.07) is 7.36. The Bertz CT molecular complexity index is 603. The van der Waals surface area contributed by atoms with Crippen LogP contribution in [-0.2, 0) is 16.1 Å². The number of anilines is 1. The summed E-state index contributed by atoms with van der Waals surface area (Å²) >= 11 is 0. The van der Waals surface area contributed by atoms with Crippen LogP contribution in [0.5, 0.6) is 0 Å². The van der Waals surface area contributed by atoms with E-state index in [1.165, 1.54) is 19.3 Å². The van der Waals surface area contributed by atoms with E-state index in [9.17, 15) is 9.59 Å². The summed E-state index contributed by atoms with van der Waals surface area (Å²) in [6.45, 7) is 2.36. The topological polar surface area (TPSA) is 49.4 Å². The van der Waals surface area contributed by atoms with Crippen molar-refractivity contribution < 1.29 is 9.59 Å². The fourth-order valence-electron chi connectivity index (χ4n) is 4.13. The van der Waals surface area contributed by atoms with Gasteiger partial charge < -0.3 is 10.2 Å². The molecule has 2 aliphatic carbocycles. The predicted molar refractivity (Wildman–Crippen MR) is 79.4 cm³/mol. The first kappa shape index (κ1) is 12.9. The number of hydrogen-bond acceptors (Lipinski definition) is 2. The number of carbonyl (C=O) groups is 2. The van der Waals surface area contributed by atoms with Gasteiger partial charge in [0.05, 0.1) is 0 Å². The normalized spacial score (nSPS) is 33.8. The van der Waals surface area contributed by atoms with Gasteiger partial charge in [0.2, 0.25) is 11.8 Å². The molecule has 3 unspecified atom stereocenters. The van der Waals surface area contributed by atoms with Gasteiger partial charge in [0.1, 0.15) is 6.04 Å². The van der Waals surface area contributed by atoms with Gasteiger partial charge in [0, 0.05) is 18.2 Å². The maximum atomic E-state index is 12.8. The minimum atomic E-state index is -0.397. The molecule has 1 aromatic carbocycles. The van der Waals surface area contributed by atoms with Gasteiger partial charge in [-0.1, -0.05) is 24.6 Å². The summed E-state index contributed by atoms with van der Waals surface area (Å²) in [6.07, 6.45) is 3.64. The van der Waals surface area contributed by atoms with Crippen molar-refractivity contribution in [1.82, 2.24) is 4.90 Å². The van der Waals surface area contributed by atoms with Crippen LogP contribution in [0.25, 0.3) is 0 Å². The Kier molecular flexibility index (Phi) is 2.81. The number of rotatable bonds is 1. The first-order valence-corrected chi connectivity index (χ1v) is 7.86. The van der Waals surface area contributed by atoms with Crippen molar-refractivity contribution in [3.63, 3.8) is 0 Å². The van der Waals surface area contributed by atoms with Gasteiger partial charge in [0.15, 0.2) is 0 Å². The Labute approximate surface area is 124 Å². The zero-order valence-electron chi connectivity index (χ0n) is 12.2. The maximum absolute atomic E-state index is 12.8. The summed E-state index contributed by atoms with van der Waals surface area (Å²) in [4.78, 5) is 26.9. The van der Waals surface area contributed by atoms with Crippen molar-refractivity contribution in [2.45, 2.75) is 38.8 Å². The van der Waals surface area contributed by atoms with E-state index in [0.29, 0.717) is 18.4 Å². The van der Waals surface area contributed by atoms with Crippen molar-refractivity contribution in [3.05, 3.63) is 29.8 Å². The SMILES string of the molecule is CC1C(=O)Nc2ccccc2CN1C(=O)C1C2CCCC21. The monoisotopic (exact) mass is 284 g/mol. The lowest BCUT2D eigenvalue weighted by Crippen LogP contribution is -2.44. The molecule has 21 heavy (non-hydrogen) atoms. The van der Waals surface area contributed by atoms with E-state index in [1.807, 2.05) is 31.2 Å². The first-order valence-electron chi connectivity index (χ1n) is 7.86. The van der Waals surface area contributed by atoms with E-state index < -0.39 is 6.04 Å². The van der Waals surface area contributed by atoms with Crippen LogP contribution >= 0.6 is 0 Å². The Morgan fingerprint density at radius 1 is 1.24 bits per heavy atom. The second-order valence-corrected chi connectivity index (χ2v) is 6.57. The van der Waals surface area contributed by atoms with Gasteiger partial charge in [-0.05, 0) is 43.2 Å². The molecule has 4 heteroatoms. The zero-order chi connectivity index (χ0) is 14.6. The van der Waals surface area contributed by atoms with Gasteiger partial charge in [-0.15, -0.1) is 0 Å². The van der Waals surface area contributed by atoms with Crippen LogP contribution in [-0.4, -0.2) is 22.8 Å². The average Bonchev–Trinajstić information content (AvgIpc) is 3.01. The third-order valence-corrected chi connectivity index (χ3v) is 5.44. The molecule has 2 fully saturated rings. The molecule has 4 rings (SSSR count). The molecule has 1 aliphatic heterocycles. The fraction of sp³-hybridized carbons (Fsp3) is 0.529. The molecular formula is C17H20N2O2. The summed E-state index contributed by atoms with van der Waals surface area (Å²) < 4.78 is 0. The van der Waals surface area contributed by atoms with Gasteiger partial charge in [-0.25, -0.2) is 0 Å². The number of nitrogens with zero attached hydrogens (tertiary/aromatic N) is 1. The number of benzene rings is 1. The molecule has 2 saturated carbocycles. The largest absolute Gasteiger partial charge is 0.326 e. The van der Waals surface area contributed by atoms with Crippen LogP contribution in [0.15, 0.2) is 24.3 Å². The van der Waals surface area contributed by atoms with Crippen LogP contribution in [0.1, 0.15) is 31.7 Å². The molecule has 1 N–H and O–H groups in total.